The molecule has 0 fully saturated rings. The normalized spacial score (nSPS) is 13.0. The van der Waals surface area contributed by atoms with Crippen LogP contribution in [-0.4, -0.2) is 45.0 Å². The predicted octanol–water partition coefficient (Wildman–Crippen LogP) is 2.09. The van der Waals surface area contributed by atoms with E-state index in [2.05, 4.69) is 20.6 Å². The maximum absolute atomic E-state index is 12.5. The molecule has 0 unspecified atom stereocenters. The molecule has 0 saturated heterocycles. The molecule has 1 N–H and O–H groups in total. The van der Waals surface area contributed by atoms with Crippen molar-refractivity contribution < 1.29 is 18.0 Å². The highest BCUT2D eigenvalue weighted by atomic mass is 19.4. The third-order valence-corrected chi connectivity index (χ3v) is 3.16. The highest BCUT2D eigenvalue weighted by Gasteiger charge is 2.30. The summed E-state index contributed by atoms with van der Waals surface area (Å²) in [5.74, 6) is -0.0571. The summed E-state index contributed by atoms with van der Waals surface area (Å²) in [6, 6.07) is 4.12. The van der Waals surface area contributed by atoms with Gasteiger partial charge in [-0.1, -0.05) is 12.1 Å². The molecule has 2 aromatic rings. The molecule has 0 radical (unpaired) electrons. The fourth-order valence-corrected chi connectivity index (χ4v) is 1.98. The summed E-state index contributed by atoms with van der Waals surface area (Å²) in [4.78, 5) is 13.6. The number of nitrogens with one attached hydrogen (secondary N) is 1. The summed E-state index contributed by atoms with van der Waals surface area (Å²) in [6.07, 6.45) is -4.42. The molecule has 9 heteroatoms. The van der Waals surface area contributed by atoms with Gasteiger partial charge in [-0.15, -0.1) is 10.2 Å². The second-order valence-electron chi connectivity index (χ2n) is 4.93. The van der Waals surface area contributed by atoms with Crippen LogP contribution in [0.5, 0.6) is 0 Å². The molecule has 1 amide bonds. The van der Waals surface area contributed by atoms with Crippen LogP contribution in [0.15, 0.2) is 24.3 Å². The first-order valence-electron chi connectivity index (χ1n) is 6.45. The Morgan fingerprint density at radius 3 is 2.45 bits per heavy atom. The maximum atomic E-state index is 12.5. The van der Waals surface area contributed by atoms with E-state index >= 15 is 0 Å². The van der Waals surface area contributed by atoms with Crippen LogP contribution in [-0.2, 0) is 6.18 Å². The molecule has 0 aliphatic heterocycles. The zero-order chi connectivity index (χ0) is 16.3. The summed E-state index contributed by atoms with van der Waals surface area (Å²) >= 11 is 0. The molecule has 6 nitrogen and oxygen atoms in total. The van der Waals surface area contributed by atoms with Crippen molar-refractivity contribution in [2.24, 2.45) is 0 Å². The number of tetrazole rings is 1. The van der Waals surface area contributed by atoms with Gasteiger partial charge in [-0.05, 0) is 24.3 Å². The maximum Gasteiger partial charge on any atom is 0.416 e. The second kappa shape index (κ2) is 6.12. The van der Waals surface area contributed by atoms with Crippen molar-refractivity contribution in [2.75, 3.05) is 13.6 Å². The number of amides is 1. The van der Waals surface area contributed by atoms with Gasteiger partial charge in [0, 0.05) is 25.1 Å². The van der Waals surface area contributed by atoms with E-state index < -0.39 is 11.7 Å². The number of rotatable bonds is 4. The van der Waals surface area contributed by atoms with E-state index in [0.29, 0.717) is 12.4 Å². The van der Waals surface area contributed by atoms with E-state index in [0.717, 1.165) is 12.1 Å². The van der Waals surface area contributed by atoms with E-state index in [1.807, 2.05) is 6.92 Å². The minimum Gasteiger partial charge on any atom is -0.341 e. The van der Waals surface area contributed by atoms with Gasteiger partial charge in [0.05, 0.1) is 5.56 Å². The summed E-state index contributed by atoms with van der Waals surface area (Å²) in [6.45, 7) is 2.14. The number of H-pyrrole nitrogens is 1. The lowest BCUT2D eigenvalue weighted by Gasteiger charge is -2.20. The van der Waals surface area contributed by atoms with Crippen LogP contribution in [0.4, 0.5) is 13.2 Å². The first kappa shape index (κ1) is 15.9. The Labute approximate surface area is 124 Å². The largest absolute Gasteiger partial charge is 0.416 e. The van der Waals surface area contributed by atoms with E-state index in [4.69, 9.17) is 0 Å². The topological polar surface area (TPSA) is 74.8 Å². The SMILES string of the molecule is C[C@@H](CN(C)C(=O)c1ccc(C(F)(F)F)cc1)c1nn[nH]n1. The average molecular weight is 313 g/mol. The van der Waals surface area contributed by atoms with Gasteiger partial charge >= 0.3 is 6.18 Å². The predicted molar refractivity (Wildman–Crippen MR) is 71.0 cm³/mol. The molecule has 118 valence electrons. The molecule has 0 bridgehead atoms. The monoisotopic (exact) mass is 313 g/mol. The van der Waals surface area contributed by atoms with Crippen molar-refractivity contribution >= 4 is 5.91 Å². The number of alkyl halides is 3. The van der Waals surface area contributed by atoms with Gasteiger partial charge in [-0.25, -0.2) is 0 Å². The fourth-order valence-electron chi connectivity index (χ4n) is 1.98. The van der Waals surface area contributed by atoms with Crippen molar-refractivity contribution in [2.45, 2.75) is 19.0 Å². The van der Waals surface area contributed by atoms with E-state index in [1.165, 1.54) is 17.0 Å². The minimum absolute atomic E-state index is 0.151. The first-order chi connectivity index (χ1) is 10.3. The van der Waals surface area contributed by atoms with E-state index in [-0.39, 0.29) is 17.4 Å². The number of aromatic amines is 1. The van der Waals surface area contributed by atoms with Crippen LogP contribution in [0.3, 0.4) is 0 Å². The summed E-state index contributed by atoms with van der Waals surface area (Å²) in [5, 5.41) is 13.4. The lowest BCUT2D eigenvalue weighted by molar-refractivity contribution is -0.137. The van der Waals surface area contributed by atoms with Gasteiger partial charge in [0.15, 0.2) is 5.82 Å². The Bertz CT molecular complexity index is 624. The van der Waals surface area contributed by atoms with Crippen LogP contribution in [0, 0.1) is 0 Å². The Kier molecular flexibility index (Phi) is 4.43. The van der Waals surface area contributed by atoms with E-state index in [1.54, 1.807) is 7.05 Å². The zero-order valence-electron chi connectivity index (χ0n) is 11.9. The lowest BCUT2D eigenvalue weighted by atomic mass is 10.1. The number of hydrogen-bond donors (Lipinski definition) is 1. The van der Waals surface area contributed by atoms with Crippen LogP contribution in [0.1, 0.15) is 34.6 Å². The van der Waals surface area contributed by atoms with E-state index in [9.17, 15) is 18.0 Å². The van der Waals surface area contributed by atoms with Gasteiger partial charge in [0.25, 0.3) is 5.91 Å². The van der Waals surface area contributed by atoms with Crippen molar-refractivity contribution in [3.05, 3.63) is 41.2 Å². The summed E-state index contributed by atoms with van der Waals surface area (Å²) < 4.78 is 37.5. The van der Waals surface area contributed by atoms with Crippen molar-refractivity contribution in [3.8, 4) is 0 Å². The lowest BCUT2D eigenvalue weighted by Crippen LogP contribution is -2.30. The van der Waals surface area contributed by atoms with Gasteiger partial charge in [0.2, 0.25) is 0 Å². The molecular weight excluding hydrogens is 299 g/mol. The number of benzene rings is 1. The van der Waals surface area contributed by atoms with Crippen molar-refractivity contribution in [1.29, 1.82) is 0 Å². The Hall–Kier alpha value is -2.45. The van der Waals surface area contributed by atoms with Gasteiger partial charge in [-0.2, -0.15) is 18.4 Å². The molecule has 0 saturated carbocycles. The zero-order valence-corrected chi connectivity index (χ0v) is 11.9. The van der Waals surface area contributed by atoms with Gasteiger partial charge in [-0.3, -0.25) is 4.79 Å². The summed E-state index contributed by atoms with van der Waals surface area (Å²) in [5.41, 5.74) is -0.595. The molecule has 22 heavy (non-hydrogen) atoms. The molecule has 2 rings (SSSR count). The number of nitrogens with zero attached hydrogens (tertiary/aromatic N) is 4. The highest BCUT2D eigenvalue weighted by Crippen LogP contribution is 2.29. The molecule has 1 heterocycles. The minimum atomic E-state index is -4.42. The van der Waals surface area contributed by atoms with Crippen molar-refractivity contribution in [1.82, 2.24) is 25.5 Å². The third-order valence-electron chi connectivity index (χ3n) is 3.16. The molecule has 0 spiro atoms. The highest BCUT2D eigenvalue weighted by molar-refractivity contribution is 5.94. The van der Waals surface area contributed by atoms with Gasteiger partial charge < -0.3 is 4.90 Å². The number of carbonyl (C=O) groups is 1. The molecule has 1 aromatic heterocycles. The Morgan fingerprint density at radius 1 is 1.32 bits per heavy atom. The quantitative estimate of drug-likeness (QED) is 0.938. The molecule has 1 aromatic carbocycles. The number of hydrogen-bond acceptors (Lipinski definition) is 4. The third kappa shape index (κ3) is 3.60. The smallest absolute Gasteiger partial charge is 0.341 e. The number of likely N-dealkylation sites (N-methyl/N-ethyl adjacent to an activating group) is 1. The van der Waals surface area contributed by atoms with Crippen LogP contribution in [0.25, 0.3) is 0 Å². The second-order valence-corrected chi connectivity index (χ2v) is 4.93. The fraction of sp³-hybridized carbons (Fsp3) is 0.385. The van der Waals surface area contributed by atoms with Crippen molar-refractivity contribution in [3.63, 3.8) is 0 Å². The van der Waals surface area contributed by atoms with Gasteiger partial charge in [0.1, 0.15) is 0 Å². The molecule has 0 aliphatic rings. The standard InChI is InChI=1S/C13H14F3N5O/c1-8(11-17-19-20-18-11)7-21(2)12(22)9-3-5-10(6-4-9)13(14,15)16/h3-6,8H,7H2,1-2H3,(H,17,18,19,20)/t8-/m0/s1. The molecule has 1 atom stereocenters. The molecule has 0 aliphatic carbocycles. The summed E-state index contributed by atoms with van der Waals surface area (Å²) in [7, 11) is 1.57. The van der Waals surface area contributed by atoms with Crippen LogP contribution in [0.2, 0.25) is 0 Å². The Morgan fingerprint density at radius 2 is 1.95 bits per heavy atom. The van der Waals surface area contributed by atoms with Crippen LogP contribution < -0.4 is 0 Å². The average Bonchev–Trinajstić information content (AvgIpc) is 3.00. The number of carbonyl (C=O) groups excluding carboxylic acids is 1. The first-order valence-corrected chi connectivity index (χ1v) is 6.45. The number of aromatic nitrogens is 4. The number of halogens is 3. The molecular formula is C13H14F3N5O. The Balaban J connectivity index is 2.04. The van der Waals surface area contributed by atoms with Crippen LogP contribution >= 0.6 is 0 Å².